The van der Waals surface area contributed by atoms with E-state index >= 15 is 0 Å². The third-order valence-electron chi connectivity index (χ3n) is 5.05. The Kier molecular flexibility index (Phi) is 4.70. The van der Waals surface area contributed by atoms with Gasteiger partial charge in [-0.3, -0.25) is 4.79 Å². The Hall–Kier alpha value is -2.67. The quantitative estimate of drug-likeness (QED) is 0.739. The van der Waals surface area contributed by atoms with Crippen molar-refractivity contribution in [1.29, 1.82) is 0 Å². The van der Waals surface area contributed by atoms with Gasteiger partial charge < -0.3 is 14.7 Å². The van der Waals surface area contributed by atoms with Crippen LogP contribution >= 0.6 is 11.6 Å². The van der Waals surface area contributed by atoms with Crippen LogP contribution in [0.5, 0.6) is 0 Å². The number of piperidine rings is 1. The van der Waals surface area contributed by atoms with Crippen molar-refractivity contribution < 1.29 is 9.32 Å². The normalized spacial score (nSPS) is 15.3. The maximum atomic E-state index is 12.7. The molecule has 0 spiro atoms. The number of benzene rings is 1. The van der Waals surface area contributed by atoms with E-state index in [2.05, 4.69) is 25.3 Å². The van der Waals surface area contributed by atoms with Crippen molar-refractivity contribution in [1.82, 2.24) is 15.1 Å². The first kappa shape index (κ1) is 17.7. The minimum Gasteiger partial charge on any atom is -0.356 e. The minimum atomic E-state index is -0.0412. The Bertz CT molecular complexity index is 995. The van der Waals surface area contributed by atoms with Gasteiger partial charge in [0.2, 0.25) is 5.91 Å². The van der Waals surface area contributed by atoms with E-state index in [-0.39, 0.29) is 11.8 Å². The Balaban J connectivity index is 1.45. The summed E-state index contributed by atoms with van der Waals surface area (Å²) >= 11 is 6.04. The zero-order valence-electron chi connectivity index (χ0n) is 15.2. The van der Waals surface area contributed by atoms with Crippen LogP contribution in [0, 0.1) is 19.8 Å². The second-order valence-corrected chi connectivity index (χ2v) is 7.29. The molecule has 27 heavy (non-hydrogen) atoms. The molecule has 0 atom stereocenters. The zero-order chi connectivity index (χ0) is 19.0. The number of fused-ring (bicyclic) bond motifs is 1. The minimum absolute atomic E-state index is 0.0361. The first-order chi connectivity index (χ1) is 13.0. The van der Waals surface area contributed by atoms with Gasteiger partial charge in [-0.15, -0.1) is 0 Å². The van der Waals surface area contributed by atoms with Gasteiger partial charge in [0.15, 0.2) is 0 Å². The third-order valence-corrected chi connectivity index (χ3v) is 5.28. The van der Waals surface area contributed by atoms with Crippen LogP contribution < -0.4 is 10.2 Å². The largest absolute Gasteiger partial charge is 0.356 e. The van der Waals surface area contributed by atoms with E-state index in [1.165, 1.54) is 6.33 Å². The number of hydrogen-bond acceptors (Lipinski definition) is 6. The topological polar surface area (TPSA) is 84.2 Å². The van der Waals surface area contributed by atoms with Crippen LogP contribution in [0.4, 0.5) is 11.5 Å². The fourth-order valence-electron chi connectivity index (χ4n) is 3.46. The van der Waals surface area contributed by atoms with Crippen LogP contribution in [-0.2, 0) is 4.79 Å². The predicted molar refractivity (Wildman–Crippen MR) is 104 cm³/mol. The van der Waals surface area contributed by atoms with Crippen LogP contribution in [0.3, 0.4) is 0 Å². The molecule has 0 saturated carbocycles. The summed E-state index contributed by atoms with van der Waals surface area (Å²) in [6.07, 6.45) is 2.99. The summed E-state index contributed by atoms with van der Waals surface area (Å²) in [6.45, 7) is 5.31. The first-order valence-corrected chi connectivity index (χ1v) is 9.29. The average Bonchev–Trinajstić information content (AvgIpc) is 3.06. The second kappa shape index (κ2) is 7.15. The van der Waals surface area contributed by atoms with E-state index in [4.69, 9.17) is 16.1 Å². The van der Waals surface area contributed by atoms with Crippen molar-refractivity contribution in [2.75, 3.05) is 23.3 Å². The van der Waals surface area contributed by atoms with Crippen LogP contribution in [0.1, 0.15) is 24.1 Å². The molecule has 3 heterocycles. The molecule has 1 fully saturated rings. The maximum absolute atomic E-state index is 12.7. The van der Waals surface area contributed by atoms with E-state index < -0.39 is 0 Å². The summed E-state index contributed by atoms with van der Waals surface area (Å²) in [5.74, 6) is 0.817. The summed E-state index contributed by atoms with van der Waals surface area (Å²) in [7, 11) is 0. The molecule has 1 aliphatic rings. The van der Waals surface area contributed by atoms with Crippen molar-refractivity contribution in [2.45, 2.75) is 26.7 Å². The summed E-state index contributed by atoms with van der Waals surface area (Å²) in [6, 6.07) is 5.51. The molecule has 1 aromatic carbocycles. The Morgan fingerprint density at radius 2 is 2.04 bits per heavy atom. The van der Waals surface area contributed by atoms with Crippen molar-refractivity contribution in [2.24, 2.45) is 5.92 Å². The number of anilines is 2. The summed E-state index contributed by atoms with van der Waals surface area (Å²) in [5.41, 5.74) is 3.04. The smallest absolute Gasteiger partial charge is 0.263 e. The number of carbonyl (C=O) groups is 1. The van der Waals surface area contributed by atoms with Gasteiger partial charge in [-0.1, -0.05) is 22.8 Å². The molecule has 0 aliphatic carbocycles. The molecule has 1 N–H and O–H groups in total. The molecule has 0 radical (unpaired) electrons. The lowest BCUT2D eigenvalue weighted by Gasteiger charge is -2.32. The van der Waals surface area contributed by atoms with Gasteiger partial charge in [-0.25, -0.2) is 4.98 Å². The fourth-order valence-corrected chi connectivity index (χ4v) is 3.63. The fraction of sp³-hybridized carbons (Fsp3) is 0.368. The average molecular weight is 386 g/mol. The van der Waals surface area contributed by atoms with Crippen LogP contribution in [0.25, 0.3) is 11.1 Å². The molecular weight excluding hydrogens is 366 g/mol. The molecular formula is C19H20ClN5O2. The Labute approximate surface area is 161 Å². The number of rotatable bonds is 3. The van der Waals surface area contributed by atoms with E-state index in [9.17, 15) is 4.79 Å². The highest BCUT2D eigenvalue weighted by Gasteiger charge is 2.27. The van der Waals surface area contributed by atoms with Gasteiger partial charge >= 0.3 is 0 Å². The lowest BCUT2D eigenvalue weighted by Crippen LogP contribution is -2.38. The van der Waals surface area contributed by atoms with Crippen LogP contribution in [0.2, 0.25) is 5.02 Å². The summed E-state index contributed by atoms with van der Waals surface area (Å²) in [5, 5.41) is 8.45. The SMILES string of the molecule is Cc1ccc(Cl)cc1NC(=O)C1CCN(c2ncnc3onc(C)c23)CC1. The van der Waals surface area contributed by atoms with Crippen LogP contribution in [0.15, 0.2) is 29.0 Å². The van der Waals surface area contributed by atoms with Gasteiger partial charge in [0.05, 0.1) is 5.69 Å². The molecule has 1 saturated heterocycles. The number of aryl methyl sites for hydroxylation is 2. The zero-order valence-corrected chi connectivity index (χ0v) is 16.0. The summed E-state index contributed by atoms with van der Waals surface area (Å²) in [4.78, 5) is 23.4. The molecule has 4 rings (SSSR count). The molecule has 7 nitrogen and oxygen atoms in total. The molecule has 1 amide bonds. The summed E-state index contributed by atoms with van der Waals surface area (Å²) < 4.78 is 5.22. The molecule has 2 aromatic heterocycles. The Morgan fingerprint density at radius 1 is 1.26 bits per heavy atom. The van der Waals surface area contributed by atoms with Crippen molar-refractivity contribution in [3.63, 3.8) is 0 Å². The number of halogens is 1. The van der Waals surface area contributed by atoms with E-state index in [1.54, 1.807) is 6.07 Å². The van der Waals surface area contributed by atoms with Gasteiger partial charge in [0.25, 0.3) is 5.71 Å². The standard InChI is InChI=1S/C19H20ClN5O2/c1-11-3-4-14(20)9-15(11)23-18(26)13-5-7-25(8-6-13)17-16-12(2)24-27-19(16)22-10-21-17/h3-4,9-10,13H,5-8H2,1-2H3,(H,23,26). The number of amides is 1. The van der Waals surface area contributed by atoms with E-state index in [1.807, 2.05) is 26.0 Å². The van der Waals surface area contributed by atoms with E-state index in [0.29, 0.717) is 10.7 Å². The highest BCUT2D eigenvalue weighted by molar-refractivity contribution is 6.31. The predicted octanol–water partition coefficient (Wildman–Crippen LogP) is 3.74. The van der Waals surface area contributed by atoms with Crippen molar-refractivity contribution >= 4 is 40.1 Å². The van der Waals surface area contributed by atoms with Gasteiger partial charge in [0.1, 0.15) is 17.5 Å². The van der Waals surface area contributed by atoms with E-state index in [0.717, 1.165) is 54.1 Å². The molecule has 1 aliphatic heterocycles. The van der Waals surface area contributed by atoms with Gasteiger partial charge in [-0.05, 0) is 44.4 Å². The second-order valence-electron chi connectivity index (χ2n) is 6.86. The number of carbonyl (C=O) groups excluding carboxylic acids is 1. The third kappa shape index (κ3) is 3.47. The molecule has 8 heteroatoms. The Morgan fingerprint density at radius 3 is 2.81 bits per heavy atom. The monoisotopic (exact) mass is 385 g/mol. The molecule has 140 valence electrons. The number of hydrogen-bond donors (Lipinski definition) is 1. The highest BCUT2D eigenvalue weighted by atomic mass is 35.5. The number of nitrogens with one attached hydrogen (secondary N) is 1. The highest BCUT2D eigenvalue weighted by Crippen LogP contribution is 2.30. The van der Waals surface area contributed by atoms with Crippen molar-refractivity contribution in [3.8, 4) is 0 Å². The first-order valence-electron chi connectivity index (χ1n) is 8.92. The number of nitrogens with zero attached hydrogens (tertiary/aromatic N) is 4. The molecule has 0 unspecified atom stereocenters. The maximum Gasteiger partial charge on any atom is 0.263 e. The van der Waals surface area contributed by atoms with Gasteiger partial charge in [-0.2, -0.15) is 4.98 Å². The van der Waals surface area contributed by atoms with Gasteiger partial charge in [0, 0.05) is 29.7 Å². The van der Waals surface area contributed by atoms with Crippen LogP contribution in [-0.4, -0.2) is 34.1 Å². The lowest BCUT2D eigenvalue weighted by atomic mass is 9.95. The number of aromatic nitrogens is 3. The lowest BCUT2D eigenvalue weighted by molar-refractivity contribution is -0.120. The molecule has 3 aromatic rings. The molecule has 0 bridgehead atoms. The van der Waals surface area contributed by atoms with Crippen molar-refractivity contribution in [3.05, 3.63) is 40.8 Å².